The molecule has 0 fully saturated rings. The van der Waals surface area contributed by atoms with Crippen molar-refractivity contribution < 1.29 is 4.79 Å². The Morgan fingerprint density at radius 3 is 2.03 bits per heavy atom. The maximum Gasteiger partial charge on any atom is 0.165 e. The lowest BCUT2D eigenvalue weighted by molar-refractivity contribution is 0.0976. The van der Waals surface area contributed by atoms with E-state index in [1.165, 1.54) is 16.0 Å². The minimum absolute atomic E-state index is 0.0787. The first kappa shape index (κ1) is 23.1. The van der Waals surface area contributed by atoms with Crippen molar-refractivity contribution in [2.75, 3.05) is 11.6 Å². The molecule has 0 saturated carbocycles. The predicted octanol–water partition coefficient (Wildman–Crippen LogP) is 7.69. The third kappa shape index (κ3) is 6.24. The molecule has 0 aliphatic carbocycles. The third-order valence-electron chi connectivity index (χ3n) is 5.68. The number of hydrogen-bond acceptors (Lipinski definition) is 3. The van der Waals surface area contributed by atoms with E-state index in [1.807, 2.05) is 12.1 Å². The molecule has 0 aromatic heterocycles. The maximum absolute atomic E-state index is 13.2. The van der Waals surface area contributed by atoms with Crippen LogP contribution in [0, 0.1) is 0 Å². The summed E-state index contributed by atoms with van der Waals surface area (Å²) in [6.45, 7) is 8.71. The third-order valence-corrected chi connectivity index (χ3v) is 6.43. The summed E-state index contributed by atoms with van der Waals surface area (Å²) in [5, 5.41) is 3.59. The van der Waals surface area contributed by atoms with Gasteiger partial charge in [0, 0.05) is 22.6 Å². The van der Waals surface area contributed by atoms with Gasteiger partial charge in [-0.1, -0.05) is 76.2 Å². The lowest BCUT2D eigenvalue weighted by Gasteiger charge is -2.21. The maximum atomic E-state index is 13.2. The van der Waals surface area contributed by atoms with Crippen molar-refractivity contribution in [1.82, 2.24) is 0 Å². The van der Waals surface area contributed by atoms with E-state index < -0.39 is 0 Å². The van der Waals surface area contributed by atoms with Crippen LogP contribution in [0.5, 0.6) is 0 Å². The summed E-state index contributed by atoms with van der Waals surface area (Å²) in [6.07, 6.45) is 3.50. The number of ketones is 1. The summed E-state index contributed by atoms with van der Waals surface area (Å²) in [6, 6.07) is 25.0. The van der Waals surface area contributed by atoms with Gasteiger partial charge in [0.05, 0.1) is 6.04 Å². The van der Waals surface area contributed by atoms with Gasteiger partial charge in [-0.15, -0.1) is 11.8 Å². The summed E-state index contributed by atoms with van der Waals surface area (Å²) in [7, 11) is 0. The van der Waals surface area contributed by atoms with E-state index in [9.17, 15) is 4.79 Å². The summed E-state index contributed by atoms with van der Waals surface area (Å²) in [5.74, 6) is 0.150. The Kier molecular flexibility index (Phi) is 7.61. The molecule has 1 atom stereocenters. The molecule has 3 aromatic carbocycles. The Bertz CT molecular complexity index is 983. The molecule has 0 saturated heterocycles. The number of Topliss-reactive ketones (excluding diaryl/α,β-unsaturated/α-hetero) is 1. The average molecular weight is 432 g/mol. The van der Waals surface area contributed by atoms with Gasteiger partial charge in [-0.05, 0) is 59.0 Å². The molecule has 3 rings (SSSR count). The molecule has 3 heteroatoms. The Balaban J connectivity index is 1.83. The van der Waals surface area contributed by atoms with Gasteiger partial charge in [0.2, 0.25) is 0 Å². The second-order valence-electron chi connectivity index (χ2n) is 8.98. The number of hydrogen-bond donors (Lipinski definition) is 1. The Morgan fingerprint density at radius 1 is 0.903 bits per heavy atom. The number of aryl methyl sites for hydroxylation is 1. The quantitative estimate of drug-likeness (QED) is 0.293. The van der Waals surface area contributed by atoms with Crippen LogP contribution >= 0.6 is 11.8 Å². The number of rotatable bonds is 8. The molecule has 2 nitrogen and oxygen atoms in total. The molecule has 0 radical (unpaired) electrons. The topological polar surface area (TPSA) is 29.1 Å². The smallest absolute Gasteiger partial charge is 0.165 e. The molecule has 0 amide bonds. The number of thioether (sulfide) groups is 1. The van der Waals surface area contributed by atoms with Crippen LogP contribution < -0.4 is 5.32 Å². The normalized spacial score (nSPS) is 12.4. The van der Waals surface area contributed by atoms with E-state index in [0.29, 0.717) is 6.42 Å². The zero-order valence-corrected chi connectivity index (χ0v) is 20.1. The lowest BCUT2D eigenvalue weighted by atomic mass is 9.86. The molecule has 31 heavy (non-hydrogen) atoms. The first-order chi connectivity index (χ1) is 14.8. The van der Waals surface area contributed by atoms with Crippen LogP contribution in [0.15, 0.2) is 77.7 Å². The number of carbonyl (C=O) groups is 1. The molecular formula is C28H33NOS. The average Bonchev–Trinajstić information content (AvgIpc) is 2.78. The molecule has 0 bridgehead atoms. The van der Waals surface area contributed by atoms with Crippen LogP contribution in [0.25, 0.3) is 0 Å². The molecule has 1 N–H and O–H groups in total. The fourth-order valence-electron chi connectivity index (χ4n) is 3.59. The van der Waals surface area contributed by atoms with Crippen LogP contribution in [-0.2, 0) is 11.8 Å². The van der Waals surface area contributed by atoms with Gasteiger partial charge in [0.1, 0.15) is 0 Å². The largest absolute Gasteiger partial charge is 0.378 e. The lowest BCUT2D eigenvalue weighted by Crippen LogP contribution is -2.16. The van der Waals surface area contributed by atoms with Crippen molar-refractivity contribution in [2.45, 2.75) is 56.9 Å². The van der Waals surface area contributed by atoms with Crippen molar-refractivity contribution in [3.63, 3.8) is 0 Å². The molecular weight excluding hydrogens is 398 g/mol. The molecule has 1 unspecified atom stereocenters. The standard InChI is InChI=1S/C28H33NOS/c1-6-20-7-15-24(16-8-20)29-26(21-11-17-25(31-5)18-12-21)19-27(30)22-9-13-23(14-10-22)28(2,3)4/h7-18,26,29H,6,19H2,1-5H3. The molecule has 0 aliphatic heterocycles. The van der Waals surface area contributed by atoms with Gasteiger partial charge < -0.3 is 5.32 Å². The van der Waals surface area contributed by atoms with Crippen LogP contribution in [-0.4, -0.2) is 12.0 Å². The van der Waals surface area contributed by atoms with Crippen LogP contribution in [0.1, 0.15) is 67.2 Å². The van der Waals surface area contributed by atoms with Crippen molar-refractivity contribution in [3.05, 3.63) is 95.1 Å². The molecule has 0 heterocycles. The van der Waals surface area contributed by atoms with E-state index in [4.69, 9.17) is 0 Å². The summed E-state index contributed by atoms with van der Waals surface area (Å²) in [5.41, 5.74) is 5.55. The van der Waals surface area contributed by atoms with Gasteiger partial charge in [0.25, 0.3) is 0 Å². The van der Waals surface area contributed by atoms with Crippen molar-refractivity contribution >= 4 is 23.2 Å². The van der Waals surface area contributed by atoms with E-state index >= 15 is 0 Å². The van der Waals surface area contributed by atoms with Gasteiger partial charge in [0.15, 0.2) is 5.78 Å². The van der Waals surface area contributed by atoms with Gasteiger partial charge in [-0.25, -0.2) is 0 Å². The second-order valence-corrected chi connectivity index (χ2v) is 9.85. The van der Waals surface area contributed by atoms with Gasteiger partial charge in [-0.3, -0.25) is 4.79 Å². The highest BCUT2D eigenvalue weighted by atomic mass is 32.2. The van der Waals surface area contributed by atoms with E-state index in [2.05, 4.69) is 99.9 Å². The Morgan fingerprint density at radius 2 is 1.52 bits per heavy atom. The van der Waals surface area contributed by atoms with Gasteiger partial charge in [-0.2, -0.15) is 0 Å². The molecule has 162 valence electrons. The molecule has 0 spiro atoms. The van der Waals surface area contributed by atoms with Gasteiger partial charge >= 0.3 is 0 Å². The highest BCUT2D eigenvalue weighted by Crippen LogP contribution is 2.28. The van der Waals surface area contributed by atoms with E-state index in [1.54, 1.807) is 11.8 Å². The van der Waals surface area contributed by atoms with Crippen LogP contribution in [0.2, 0.25) is 0 Å². The van der Waals surface area contributed by atoms with Crippen LogP contribution in [0.3, 0.4) is 0 Å². The number of benzene rings is 3. The summed E-state index contributed by atoms with van der Waals surface area (Å²) >= 11 is 1.72. The monoisotopic (exact) mass is 431 g/mol. The minimum Gasteiger partial charge on any atom is -0.378 e. The zero-order chi connectivity index (χ0) is 22.4. The molecule has 0 aliphatic rings. The van der Waals surface area contributed by atoms with Crippen LogP contribution in [0.4, 0.5) is 5.69 Å². The van der Waals surface area contributed by atoms with Crippen molar-refractivity contribution in [3.8, 4) is 0 Å². The zero-order valence-electron chi connectivity index (χ0n) is 19.2. The SMILES string of the molecule is CCc1ccc(NC(CC(=O)c2ccc(C(C)(C)C)cc2)c2ccc(SC)cc2)cc1. The predicted molar refractivity (Wildman–Crippen MR) is 134 cm³/mol. The number of nitrogens with one attached hydrogen (secondary N) is 1. The number of carbonyl (C=O) groups excluding carboxylic acids is 1. The molecule has 3 aromatic rings. The van der Waals surface area contributed by atoms with Crippen molar-refractivity contribution in [1.29, 1.82) is 0 Å². The number of anilines is 1. The fourth-order valence-corrected chi connectivity index (χ4v) is 3.99. The summed E-state index contributed by atoms with van der Waals surface area (Å²) < 4.78 is 0. The first-order valence-electron chi connectivity index (χ1n) is 10.9. The Hall–Kier alpha value is -2.52. The second kappa shape index (κ2) is 10.2. The highest BCUT2D eigenvalue weighted by molar-refractivity contribution is 7.98. The highest BCUT2D eigenvalue weighted by Gasteiger charge is 2.19. The van der Waals surface area contributed by atoms with E-state index in [-0.39, 0.29) is 17.2 Å². The first-order valence-corrected chi connectivity index (χ1v) is 12.2. The fraction of sp³-hybridized carbons (Fsp3) is 0.321. The van der Waals surface area contributed by atoms with Crippen molar-refractivity contribution in [2.24, 2.45) is 0 Å². The van der Waals surface area contributed by atoms with E-state index in [0.717, 1.165) is 23.2 Å². The summed E-state index contributed by atoms with van der Waals surface area (Å²) in [4.78, 5) is 14.4. The minimum atomic E-state index is -0.0850. The Labute approximate surface area is 191 Å².